The molecular weight excluding hydrogens is 274 g/mol. The van der Waals surface area contributed by atoms with Gasteiger partial charge in [0.15, 0.2) is 0 Å². The fourth-order valence-corrected chi connectivity index (χ4v) is 3.46. The van der Waals surface area contributed by atoms with E-state index in [1.165, 1.54) is 21.2 Å². The van der Waals surface area contributed by atoms with Crippen molar-refractivity contribution in [2.45, 2.75) is 13.5 Å². The lowest BCUT2D eigenvalue weighted by atomic mass is 10.1. The smallest absolute Gasteiger partial charge is 0.0640 e. The molecule has 0 radical (unpaired) electrons. The van der Waals surface area contributed by atoms with E-state index < -0.39 is 0 Å². The summed E-state index contributed by atoms with van der Waals surface area (Å²) in [4.78, 5) is 0. The zero-order valence-electron chi connectivity index (χ0n) is 10.6. The average molecular weight is 288 g/mol. The predicted molar refractivity (Wildman–Crippen MR) is 85.3 cm³/mol. The number of thiophene rings is 1. The molecule has 0 aliphatic carbocycles. The minimum absolute atomic E-state index is 0.777. The quantitative estimate of drug-likeness (QED) is 0.673. The molecule has 0 saturated heterocycles. The third-order valence-corrected chi connectivity index (χ3v) is 4.57. The van der Waals surface area contributed by atoms with Gasteiger partial charge in [-0.15, -0.1) is 11.3 Å². The molecule has 96 valence electrons. The summed E-state index contributed by atoms with van der Waals surface area (Å²) in [5, 5.41) is 7.76. The van der Waals surface area contributed by atoms with Crippen LogP contribution in [0.1, 0.15) is 11.1 Å². The van der Waals surface area contributed by atoms with Crippen LogP contribution in [0.15, 0.2) is 47.8 Å². The number of rotatable bonds is 3. The van der Waals surface area contributed by atoms with Crippen LogP contribution in [0.2, 0.25) is 5.02 Å². The van der Waals surface area contributed by atoms with Crippen LogP contribution in [0.4, 0.5) is 5.69 Å². The summed E-state index contributed by atoms with van der Waals surface area (Å²) in [6.07, 6.45) is 0. The molecule has 0 spiro atoms. The third kappa shape index (κ3) is 2.46. The summed E-state index contributed by atoms with van der Waals surface area (Å²) in [6.45, 7) is 2.87. The van der Waals surface area contributed by atoms with Crippen LogP contribution < -0.4 is 5.32 Å². The van der Waals surface area contributed by atoms with Gasteiger partial charge >= 0.3 is 0 Å². The van der Waals surface area contributed by atoms with Crippen molar-refractivity contribution in [2.75, 3.05) is 5.32 Å². The predicted octanol–water partition coefficient (Wildman–Crippen LogP) is 5.48. The number of anilines is 1. The number of halogens is 1. The molecular formula is C16H14ClNS. The number of benzene rings is 2. The van der Waals surface area contributed by atoms with Crippen molar-refractivity contribution in [1.82, 2.24) is 0 Å². The maximum atomic E-state index is 6.23. The van der Waals surface area contributed by atoms with E-state index in [0.29, 0.717) is 0 Å². The van der Waals surface area contributed by atoms with E-state index in [1.54, 1.807) is 11.3 Å². The van der Waals surface area contributed by atoms with Crippen molar-refractivity contribution in [1.29, 1.82) is 0 Å². The van der Waals surface area contributed by atoms with Gasteiger partial charge < -0.3 is 5.32 Å². The lowest BCUT2D eigenvalue weighted by molar-refractivity contribution is 1.17. The molecule has 0 amide bonds. The summed E-state index contributed by atoms with van der Waals surface area (Å²) in [7, 11) is 0. The highest BCUT2D eigenvalue weighted by Gasteiger charge is 2.06. The van der Waals surface area contributed by atoms with E-state index in [4.69, 9.17) is 11.6 Å². The number of nitrogens with one attached hydrogen (secondary N) is 1. The Morgan fingerprint density at radius 1 is 1.11 bits per heavy atom. The van der Waals surface area contributed by atoms with Crippen molar-refractivity contribution in [3.63, 3.8) is 0 Å². The second-order valence-electron chi connectivity index (χ2n) is 4.54. The molecule has 1 N–H and O–H groups in total. The van der Waals surface area contributed by atoms with Gasteiger partial charge in [0.25, 0.3) is 0 Å². The summed E-state index contributed by atoms with van der Waals surface area (Å²) in [6, 6.07) is 14.4. The van der Waals surface area contributed by atoms with Crippen LogP contribution in [-0.4, -0.2) is 0 Å². The van der Waals surface area contributed by atoms with Crippen LogP contribution in [-0.2, 0) is 6.54 Å². The number of fused-ring (bicyclic) bond motifs is 1. The third-order valence-electron chi connectivity index (χ3n) is 3.24. The Kier molecular flexibility index (Phi) is 3.45. The summed E-state index contributed by atoms with van der Waals surface area (Å²) < 4.78 is 1.33. The number of aryl methyl sites for hydroxylation is 1. The molecule has 0 aliphatic heterocycles. The second-order valence-corrected chi connectivity index (χ2v) is 5.86. The standard InChI is InChI=1S/C16H14ClNS/c1-11-5-4-7-14(17)16(11)18-9-12-10-19-15-8-3-2-6-13(12)15/h2-8,10,18H,9H2,1H3. The first-order valence-corrected chi connectivity index (χ1v) is 7.45. The first kappa shape index (κ1) is 12.5. The maximum Gasteiger partial charge on any atom is 0.0640 e. The van der Waals surface area contributed by atoms with Gasteiger partial charge in [-0.25, -0.2) is 0 Å². The Labute approximate surface area is 121 Å². The largest absolute Gasteiger partial charge is 0.379 e. The molecule has 0 saturated carbocycles. The Morgan fingerprint density at radius 2 is 1.95 bits per heavy atom. The molecule has 19 heavy (non-hydrogen) atoms. The van der Waals surface area contributed by atoms with Crippen LogP contribution >= 0.6 is 22.9 Å². The molecule has 1 aromatic heterocycles. The van der Waals surface area contributed by atoms with Crippen molar-refractivity contribution in [3.05, 3.63) is 64.0 Å². The highest BCUT2D eigenvalue weighted by Crippen LogP contribution is 2.29. The molecule has 3 heteroatoms. The monoisotopic (exact) mass is 287 g/mol. The van der Waals surface area contributed by atoms with Gasteiger partial charge in [0.2, 0.25) is 0 Å². The van der Waals surface area contributed by atoms with Gasteiger partial charge in [0.1, 0.15) is 0 Å². The Hall–Kier alpha value is -1.51. The van der Waals surface area contributed by atoms with E-state index in [9.17, 15) is 0 Å². The van der Waals surface area contributed by atoms with E-state index in [2.05, 4.69) is 48.0 Å². The minimum Gasteiger partial charge on any atom is -0.379 e. The number of hydrogen-bond donors (Lipinski definition) is 1. The lowest BCUT2D eigenvalue weighted by Crippen LogP contribution is -2.01. The highest BCUT2D eigenvalue weighted by atomic mass is 35.5. The fraction of sp³-hybridized carbons (Fsp3) is 0.125. The van der Waals surface area contributed by atoms with Crippen molar-refractivity contribution >= 4 is 38.7 Å². The summed E-state index contributed by atoms with van der Waals surface area (Å²) in [5.41, 5.74) is 3.52. The SMILES string of the molecule is Cc1cccc(Cl)c1NCc1csc2ccccc12. The van der Waals surface area contributed by atoms with Crippen LogP contribution in [0, 0.1) is 6.92 Å². The number of hydrogen-bond acceptors (Lipinski definition) is 2. The highest BCUT2D eigenvalue weighted by molar-refractivity contribution is 7.17. The molecule has 2 aromatic carbocycles. The Balaban J connectivity index is 1.87. The van der Waals surface area contributed by atoms with E-state index in [0.717, 1.165) is 17.3 Å². The minimum atomic E-state index is 0.777. The van der Waals surface area contributed by atoms with Gasteiger partial charge in [0.05, 0.1) is 10.7 Å². The van der Waals surface area contributed by atoms with Gasteiger partial charge in [-0.3, -0.25) is 0 Å². The molecule has 0 unspecified atom stereocenters. The average Bonchev–Trinajstić information content (AvgIpc) is 2.82. The molecule has 3 rings (SSSR count). The van der Waals surface area contributed by atoms with E-state index in [1.807, 2.05) is 12.1 Å². The number of para-hydroxylation sites is 1. The van der Waals surface area contributed by atoms with E-state index >= 15 is 0 Å². The van der Waals surface area contributed by atoms with Crippen molar-refractivity contribution in [2.24, 2.45) is 0 Å². The lowest BCUT2D eigenvalue weighted by Gasteiger charge is -2.11. The van der Waals surface area contributed by atoms with Crippen molar-refractivity contribution in [3.8, 4) is 0 Å². The fourth-order valence-electron chi connectivity index (χ4n) is 2.21. The Morgan fingerprint density at radius 3 is 2.79 bits per heavy atom. The van der Waals surface area contributed by atoms with Crippen LogP contribution in [0.25, 0.3) is 10.1 Å². The van der Waals surface area contributed by atoms with E-state index in [-0.39, 0.29) is 0 Å². The van der Waals surface area contributed by atoms with Crippen LogP contribution in [0.5, 0.6) is 0 Å². The normalized spacial score (nSPS) is 10.8. The molecule has 1 nitrogen and oxygen atoms in total. The summed E-state index contributed by atoms with van der Waals surface area (Å²) in [5.74, 6) is 0. The molecule has 3 aromatic rings. The second kappa shape index (κ2) is 5.24. The van der Waals surface area contributed by atoms with Crippen molar-refractivity contribution < 1.29 is 0 Å². The first-order chi connectivity index (χ1) is 9.25. The molecule has 0 fully saturated rings. The Bertz CT molecular complexity index is 697. The molecule has 0 bridgehead atoms. The first-order valence-electron chi connectivity index (χ1n) is 6.20. The topological polar surface area (TPSA) is 12.0 Å². The van der Waals surface area contributed by atoms with Gasteiger partial charge in [0, 0.05) is 11.2 Å². The van der Waals surface area contributed by atoms with Gasteiger partial charge in [-0.1, -0.05) is 41.9 Å². The molecule has 0 atom stereocenters. The molecule has 1 heterocycles. The maximum absolute atomic E-state index is 6.23. The zero-order valence-corrected chi connectivity index (χ0v) is 12.2. The van der Waals surface area contributed by atoms with Gasteiger partial charge in [-0.05, 0) is 40.9 Å². The van der Waals surface area contributed by atoms with Crippen LogP contribution in [0.3, 0.4) is 0 Å². The zero-order chi connectivity index (χ0) is 13.2. The van der Waals surface area contributed by atoms with Gasteiger partial charge in [-0.2, -0.15) is 0 Å². The molecule has 0 aliphatic rings. The summed E-state index contributed by atoms with van der Waals surface area (Å²) >= 11 is 8.01.